The Bertz CT molecular complexity index is 618. The average Bonchev–Trinajstić information content (AvgIpc) is 2.43. The van der Waals surface area contributed by atoms with Gasteiger partial charge in [0.05, 0.1) is 11.4 Å². The molecule has 1 aromatic carbocycles. The normalized spacial score (nSPS) is 20.0. The first-order chi connectivity index (χ1) is 9.92. The molecule has 8 heteroatoms. The standard InChI is InChI=1S/C13H19N3O4S/c1-10-13(17)15-6-7-16(10)21(18,19)9-8-20-12-5-3-2-4-11(12)14/h2-5,10H,6-9,14H2,1H3,(H,15,17). The van der Waals surface area contributed by atoms with Crippen molar-refractivity contribution in [1.29, 1.82) is 0 Å². The Balaban J connectivity index is 1.95. The third kappa shape index (κ3) is 3.64. The van der Waals surface area contributed by atoms with Crippen molar-refractivity contribution >= 4 is 21.6 Å². The van der Waals surface area contributed by atoms with Gasteiger partial charge in [0.2, 0.25) is 15.9 Å². The third-order valence-corrected chi connectivity index (χ3v) is 5.21. The molecule has 1 fully saturated rings. The van der Waals surface area contributed by atoms with E-state index >= 15 is 0 Å². The number of nitrogens with zero attached hydrogens (tertiary/aromatic N) is 1. The number of benzene rings is 1. The average molecular weight is 313 g/mol. The first-order valence-corrected chi connectivity index (χ1v) is 8.27. The number of nitrogen functional groups attached to an aromatic ring is 1. The Morgan fingerprint density at radius 3 is 2.86 bits per heavy atom. The van der Waals surface area contributed by atoms with Crippen LogP contribution in [0.4, 0.5) is 5.69 Å². The summed E-state index contributed by atoms with van der Waals surface area (Å²) in [4.78, 5) is 11.5. The predicted molar refractivity (Wildman–Crippen MR) is 79.3 cm³/mol. The van der Waals surface area contributed by atoms with Gasteiger partial charge >= 0.3 is 0 Å². The molecular formula is C13H19N3O4S. The molecular weight excluding hydrogens is 294 g/mol. The van der Waals surface area contributed by atoms with Gasteiger partial charge in [-0.3, -0.25) is 4.79 Å². The summed E-state index contributed by atoms with van der Waals surface area (Å²) in [7, 11) is -3.54. The quantitative estimate of drug-likeness (QED) is 0.733. The number of amides is 1. The second-order valence-corrected chi connectivity index (χ2v) is 6.82. The third-order valence-electron chi connectivity index (χ3n) is 3.32. The van der Waals surface area contributed by atoms with Crippen molar-refractivity contribution in [2.45, 2.75) is 13.0 Å². The van der Waals surface area contributed by atoms with Gasteiger partial charge in [-0.15, -0.1) is 0 Å². The lowest BCUT2D eigenvalue weighted by molar-refractivity contribution is -0.126. The Morgan fingerprint density at radius 2 is 2.14 bits per heavy atom. The number of para-hydroxylation sites is 2. The van der Waals surface area contributed by atoms with Crippen LogP contribution in [0.1, 0.15) is 6.92 Å². The molecule has 0 bridgehead atoms. The highest BCUT2D eigenvalue weighted by atomic mass is 32.2. The lowest BCUT2D eigenvalue weighted by Gasteiger charge is -2.31. The molecule has 1 aromatic rings. The van der Waals surface area contributed by atoms with Crippen LogP contribution in [0.2, 0.25) is 0 Å². The second kappa shape index (κ2) is 6.31. The van der Waals surface area contributed by atoms with Crippen molar-refractivity contribution in [2.24, 2.45) is 0 Å². The minimum atomic E-state index is -3.54. The molecule has 3 N–H and O–H groups in total. The van der Waals surface area contributed by atoms with Gasteiger partial charge < -0.3 is 15.8 Å². The number of carbonyl (C=O) groups is 1. The number of ether oxygens (including phenoxy) is 1. The van der Waals surface area contributed by atoms with E-state index in [4.69, 9.17) is 10.5 Å². The van der Waals surface area contributed by atoms with Crippen LogP contribution in [0.15, 0.2) is 24.3 Å². The van der Waals surface area contributed by atoms with Crippen LogP contribution >= 0.6 is 0 Å². The summed E-state index contributed by atoms with van der Waals surface area (Å²) >= 11 is 0. The molecule has 21 heavy (non-hydrogen) atoms. The van der Waals surface area contributed by atoms with Crippen LogP contribution in [0.3, 0.4) is 0 Å². The van der Waals surface area contributed by atoms with E-state index in [9.17, 15) is 13.2 Å². The summed E-state index contributed by atoms with van der Waals surface area (Å²) in [6.07, 6.45) is 0. The highest BCUT2D eigenvalue weighted by molar-refractivity contribution is 7.89. The van der Waals surface area contributed by atoms with E-state index in [0.29, 0.717) is 18.0 Å². The summed E-state index contributed by atoms with van der Waals surface area (Å²) in [6.45, 7) is 2.17. The minimum Gasteiger partial charge on any atom is -0.490 e. The Labute approximate surface area is 124 Å². The first kappa shape index (κ1) is 15.6. The fraction of sp³-hybridized carbons (Fsp3) is 0.462. The zero-order chi connectivity index (χ0) is 15.5. The van der Waals surface area contributed by atoms with Crippen molar-refractivity contribution in [3.63, 3.8) is 0 Å². The largest absolute Gasteiger partial charge is 0.490 e. The summed E-state index contributed by atoms with van der Waals surface area (Å²) in [5.74, 6) is -0.0194. The van der Waals surface area contributed by atoms with Gasteiger partial charge in [0.25, 0.3) is 0 Å². The van der Waals surface area contributed by atoms with Crippen LogP contribution in [-0.2, 0) is 14.8 Å². The molecule has 1 unspecified atom stereocenters. The zero-order valence-electron chi connectivity index (χ0n) is 11.8. The molecule has 1 amide bonds. The van der Waals surface area contributed by atoms with Crippen LogP contribution in [-0.4, -0.2) is 50.1 Å². The molecule has 1 heterocycles. The predicted octanol–water partition coefficient (Wildman–Crippen LogP) is -0.202. The van der Waals surface area contributed by atoms with E-state index in [1.165, 1.54) is 4.31 Å². The number of piperazine rings is 1. The van der Waals surface area contributed by atoms with Gasteiger partial charge in [-0.2, -0.15) is 4.31 Å². The van der Waals surface area contributed by atoms with E-state index < -0.39 is 16.1 Å². The molecule has 1 aliphatic heterocycles. The van der Waals surface area contributed by atoms with Crippen molar-refractivity contribution in [3.05, 3.63) is 24.3 Å². The Hall–Kier alpha value is -1.80. The second-order valence-electron chi connectivity index (χ2n) is 4.78. The van der Waals surface area contributed by atoms with E-state index in [1.54, 1.807) is 31.2 Å². The van der Waals surface area contributed by atoms with Gasteiger partial charge in [-0.1, -0.05) is 12.1 Å². The number of rotatable bonds is 5. The van der Waals surface area contributed by atoms with Crippen LogP contribution in [0.5, 0.6) is 5.75 Å². The van der Waals surface area contributed by atoms with Gasteiger partial charge in [-0.25, -0.2) is 8.42 Å². The molecule has 116 valence electrons. The highest BCUT2D eigenvalue weighted by Gasteiger charge is 2.34. The Morgan fingerprint density at radius 1 is 1.43 bits per heavy atom. The Kier molecular flexibility index (Phi) is 4.69. The number of sulfonamides is 1. The monoisotopic (exact) mass is 313 g/mol. The van der Waals surface area contributed by atoms with Gasteiger partial charge in [0, 0.05) is 13.1 Å². The molecule has 1 saturated heterocycles. The van der Waals surface area contributed by atoms with E-state index in [-0.39, 0.29) is 24.8 Å². The summed E-state index contributed by atoms with van der Waals surface area (Å²) < 4.78 is 31.1. The molecule has 2 rings (SSSR count). The van der Waals surface area contributed by atoms with Crippen molar-refractivity contribution in [2.75, 3.05) is 31.2 Å². The van der Waals surface area contributed by atoms with Crippen LogP contribution in [0.25, 0.3) is 0 Å². The smallest absolute Gasteiger partial charge is 0.238 e. The van der Waals surface area contributed by atoms with Gasteiger partial charge in [0.15, 0.2) is 0 Å². The molecule has 7 nitrogen and oxygen atoms in total. The SMILES string of the molecule is CC1C(=O)NCCN1S(=O)(=O)CCOc1ccccc1N. The van der Waals surface area contributed by atoms with E-state index in [2.05, 4.69) is 5.32 Å². The maximum Gasteiger partial charge on any atom is 0.238 e. The number of anilines is 1. The number of hydrogen-bond acceptors (Lipinski definition) is 5. The molecule has 0 spiro atoms. The molecule has 0 saturated carbocycles. The minimum absolute atomic E-state index is 0.0125. The molecule has 0 aliphatic carbocycles. The lowest BCUT2D eigenvalue weighted by Crippen LogP contribution is -2.56. The fourth-order valence-electron chi connectivity index (χ4n) is 2.13. The molecule has 1 atom stereocenters. The molecule has 0 aromatic heterocycles. The van der Waals surface area contributed by atoms with Crippen LogP contribution in [0, 0.1) is 0 Å². The van der Waals surface area contributed by atoms with Crippen molar-refractivity contribution in [3.8, 4) is 5.75 Å². The highest BCUT2D eigenvalue weighted by Crippen LogP contribution is 2.20. The van der Waals surface area contributed by atoms with E-state index in [0.717, 1.165) is 0 Å². The maximum absolute atomic E-state index is 12.3. The lowest BCUT2D eigenvalue weighted by atomic mass is 10.2. The topological polar surface area (TPSA) is 102 Å². The fourth-order valence-corrected chi connectivity index (χ4v) is 3.60. The maximum atomic E-state index is 12.3. The van der Waals surface area contributed by atoms with Gasteiger partial charge in [0.1, 0.15) is 18.4 Å². The van der Waals surface area contributed by atoms with Crippen LogP contribution < -0.4 is 15.8 Å². The molecule has 1 aliphatic rings. The number of nitrogens with one attached hydrogen (secondary N) is 1. The summed E-state index contributed by atoms with van der Waals surface area (Å²) in [5.41, 5.74) is 6.17. The van der Waals surface area contributed by atoms with Crippen molar-refractivity contribution in [1.82, 2.24) is 9.62 Å². The van der Waals surface area contributed by atoms with Gasteiger partial charge in [-0.05, 0) is 19.1 Å². The number of hydrogen-bond donors (Lipinski definition) is 2. The number of carbonyl (C=O) groups excluding carboxylic acids is 1. The number of nitrogens with two attached hydrogens (primary N) is 1. The van der Waals surface area contributed by atoms with Crippen molar-refractivity contribution < 1.29 is 17.9 Å². The summed E-state index contributed by atoms with van der Waals surface area (Å²) in [6, 6.07) is 6.20. The summed E-state index contributed by atoms with van der Waals surface area (Å²) in [5, 5.41) is 2.63. The van der Waals surface area contributed by atoms with E-state index in [1.807, 2.05) is 0 Å². The first-order valence-electron chi connectivity index (χ1n) is 6.66. The zero-order valence-corrected chi connectivity index (χ0v) is 12.6. The molecule has 0 radical (unpaired) electrons.